The molecule has 0 fully saturated rings. The van der Waals surface area contributed by atoms with Crippen LogP contribution in [0.15, 0.2) is 53.4 Å². The van der Waals surface area contributed by atoms with Gasteiger partial charge in [0.1, 0.15) is 5.82 Å². The number of aryl methyl sites for hydroxylation is 1. The quantitative estimate of drug-likeness (QED) is 0.788. The summed E-state index contributed by atoms with van der Waals surface area (Å²) in [6, 6.07) is 11.3. The van der Waals surface area contributed by atoms with Crippen molar-refractivity contribution in [2.24, 2.45) is 5.92 Å². The molecule has 2 N–H and O–H groups in total. The van der Waals surface area contributed by atoms with Gasteiger partial charge in [0.25, 0.3) is 0 Å². The largest absolute Gasteiger partial charge is 0.387 e. The Hall–Kier alpha value is -1.76. The number of aliphatic hydroxyl groups is 1. The van der Waals surface area contributed by atoms with Gasteiger partial charge in [-0.1, -0.05) is 44.5 Å². The highest BCUT2D eigenvalue weighted by Gasteiger charge is 2.31. The van der Waals surface area contributed by atoms with Gasteiger partial charge in [-0.25, -0.2) is 17.5 Å². The van der Waals surface area contributed by atoms with E-state index in [4.69, 9.17) is 0 Å². The van der Waals surface area contributed by atoms with Crippen molar-refractivity contribution in [1.82, 2.24) is 4.72 Å². The molecule has 2 aromatic rings. The van der Waals surface area contributed by atoms with Gasteiger partial charge in [-0.05, 0) is 48.2 Å². The fourth-order valence-electron chi connectivity index (χ4n) is 2.72. The summed E-state index contributed by atoms with van der Waals surface area (Å²) < 4.78 is 41.0. The highest BCUT2D eigenvalue weighted by molar-refractivity contribution is 7.89. The maximum atomic E-state index is 13.1. The maximum Gasteiger partial charge on any atom is 0.240 e. The third-order valence-corrected chi connectivity index (χ3v) is 5.99. The molecule has 0 aromatic heterocycles. The van der Waals surface area contributed by atoms with Crippen molar-refractivity contribution < 1.29 is 17.9 Å². The third kappa shape index (κ3) is 4.66. The van der Waals surface area contributed by atoms with Crippen LogP contribution in [0.25, 0.3) is 0 Å². The Labute approximate surface area is 148 Å². The zero-order chi connectivity index (χ0) is 18.6. The lowest BCUT2D eigenvalue weighted by Crippen LogP contribution is -2.43. The van der Waals surface area contributed by atoms with Crippen LogP contribution in [0.2, 0.25) is 0 Å². The zero-order valence-corrected chi connectivity index (χ0v) is 15.4. The normalized spacial score (nSPS) is 15.6. The van der Waals surface area contributed by atoms with Crippen molar-refractivity contribution in [2.45, 2.75) is 44.2 Å². The van der Waals surface area contributed by atoms with E-state index in [9.17, 15) is 17.9 Å². The number of sulfonamides is 1. The molecule has 0 heterocycles. The Kier molecular flexibility index (Phi) is 6.32. The van der Waals surface area contributed by atoms with Gasteiger partial charge in [0.2, 0.25) is 10.0 Å². The fraction of sp³-hybridized carbons (Fsp3) is 0.368. The van der Waals surface area contributed by atoms with E-state index in [2.05, 4.69) is 4.72 Å². The molecule has 3 atom stereocenters. The molecule has 3 unspecified atom stereocenters. The molecule has 0 aliphatic rings. The summed E-state index contributed by atoms with van der Waals surface area (Å²) in [6.45, 7) is 5.70. The fourth-order valence-corrected chi connectivity index (χ4v) is 4.07. The molecule has 25 heavy (non-hydrogen) atoms. The monoisotopic (exact) mass is 365 g/mol. The van der Waals surface area contributed by atoms with Crippen molar-refractivity contribution in [3.63, 3.8) is 0 Å². The van der Waals surface area contributed by atoms with Gasteiger partial charge in [0, 0.05) is 0 Å². The van der Waals surface area contributed by atoms with E-state index in [0.717, 1.165) is 17.7 Å². The SMILES string of the molecule is CCC(C)C(NS(=O)(=O)c1ccc(F)cc1)C(O)c1ccccc1C. The van der Waals surface area contributed by atoms with E-state index in [1.54, 1.807) is 6.07 Å². The smallest absolute Gasteiger partial charge is 0.240 e. The summed E-state index contributed by atoms with van der Waals surface area (Å²) in [6.07, 6.45) is -0.286. The molecule has 0 radical (unpaired) electrons. The number of hydrogen-bond donors (Lipinski definition) is 2. The Balaban J connectivity index is 2.35. The van der Waals surface area contributed by atoms with Crippen molar-refractivity contribution in [1.29, 1.82) is 0 Å². The highest BCUT2D eigenvalue weighted by Crippen LogP contribution is 2.27. The average molecular weight is 365 g/mol. The Bertz CT molecular complexity index is 806. The first-order valence-corrected chi connectivity index (χ1v) is 9.76. The molecule has 0 saturated carbocycles. The molecule has 0 amide bonds. The summed E-state index contributed by atoms with van der Waals surface area (Å²) in [5.74, 6) is -0.595. The minimum Gasteiger partial charge on any atom is -0.387 e. The molecular weight excluding hydrogens is 341 g/mol. The van der Waals surface area contributed by atoms with E-state index < -0.39 is 28.0 Å². The number of nitrogens with one attached hydrogen (secondary N) is 1. The standard InChI is InChI=1S/C19H24FNO3S/c1-4-13(2)18(19(22)17-8-6-5-7-14(17)3)21-25(23,24)16-11-9-15(20)10-12-16/h5-13,18-19,21-22H,4H2,1-3H3. The van der Waals surface area contributed by atoms with E-state index in [-0.39, 0.29) is 10.8 Å². The highest BCUT2D eigenvalue weighted by atomic mass is 32.2. The topological polar surface area (TPSA) is 66.4 Å². The minimum absolute atomic E-state index is 0.0285. The van der Waals surface area contributed by atoms with Crippen molar-refractivity contribution >= 4 is 10.0 Å². The summed E-state index contributed by atoms with van der Waals surface area (Å²) in [5, 5.41) is 10.8. The molecule has 0 aliphatic carbocycles. The van der Waals surface area contributed by atoms with E-state index in [0.29, 0.717) is 12.0 Å². The molecule has 136 valence electrons. The second-order valence-corrected chi connectivity index (χ2v) is 8.00. The first-order valence-electron chi connectivity index (χ1n) is 8.27. The van der Waals surface area contributed by atoms with Crippen molar-refractivity contribution in [3.8, 4) is 0 Å². The molecule has 0 bridgehead atoms. The van der Waals surface area contributed by atoms with Crippen molar-refractivity contribution in [3.05, 3.63) is 65.5 Å². The second kappa shape index (κ2) is 8.08. The molecule has 0 saturated heterocycles. The summed E-state index contributed by atoms with van der Waals surface area (Å²) in [7, 11) is -3.87. The molecular formula is C19H24FNO3S. The number of benzene rings is 2. The van der Waals surface area contributed by atoms with Gasteiger partial charge in [-0.3, -0.25) is 0 Å². The number of hydrogen-bond acceptors (Lipinski definition) is 3. The molecule has 6 heteroatoms. The zero-order valence-electron chi connectivity index (χ0n) is 14.6. The van der Waals surface area contributed by atoms with Crippen LogP contribution < -0.4 is 4.72 Å². The number of aliphatic hydroxyl groups excluding tert-OH is 1. The number of halogens is 1. The van der Waals surface area contributed by atoms with Crippen LogP contribution in [0.5, 0.6) is 0 Å². The predicted molar refractivity (Wildman–Crippen MR) is 96.1 cm³/mol. The number of rotatable bonds is 7. The van der Waals surface area contributed by atoms with Crippen LogP contribution >= 0.6 is 0 Å². The summed E-state index contributed by atoms with van der Waals surface area (Å²) in [5.41, 5.74) is 1.58. The molecule has 2 aromatic carbocycles. The lowest BCUT2D eigenvalue weighted by Gasteiger charge is -2.30. The molecule has 0 aliphatic heterocycles. The lowest BCUT2D eigenvalue weighted by atomic mass is 9.89. The minimum atomic E-state index is -3.87. The predicted octanol–water partition coefficient (Wildman–Crippen LogP) is 3.56. The Morgan fingerprint density at radius 2 is 1.72 bits per heavy atom. The van der Waals surface area contributed by atoms with Gasteiger partial charge in [0.05, 0.1) is 17.0 Å². The van der Waals surface area contributed by atoms with Gasteiger partial charge < -0.3 is 5.11 Å². The summed E-state index contributed by atoms with van der Waals surface area (Å²) >= 11 is 0. The van der Waals surface area contributed by atoms with Crippen LogP contribution in [-0.4, -0.2) is 19.6 Å². The van der Waals surface area contributed by atoms with Crippen molar-refractivity contribution in [2.75, 3.05) is 0 Å². The van der Waals surface area contributed by atoms with Gasteiger partial charge in [-0.15, -0.1) is 0 Å². The first-order chi connectivity index (χ1) is 11.8. The van der Waals surface area contributed by atoms with E-state index in [1.165, 1.54) is 12.1 Å². The third-order valence-electron chi connectivity index (χ3n) is 4.52. The Morgan fingerprint density at radius 3 is 2.28 bits per heavy atom. The van der Waals surface area contributed by atoms with Gasteiger partial charge in [-0.2, -0.15) is 0 Å². The van der Waals surface area contributed by atoms with Gasteiger partial charge in [0.15, 0.2) is 0 Å². The molecule has 4 nitrogen and oxygen atoms in total. The molecule has 2 rings (SSSR count). The van der Waals surface area contributed by atoms with Crippen LogP contribution in [0.3, 0.4) is 0 Å². The van der Waals surface area contributed by atoms with Crippen LogP contribution in [0.1, 0.15) is 37.5 Å². The second-order valence-electron chi connectivity index (χ2n) is 6.29. The lowest BCUT2D eigenvalue weighted by molar-refractivity contribution is 0.111. The van der Waals surface area contributed by atoms with Crippen LogP contribution in [0.4, 0.5) is 4.39 Å². The summed E-state index contributed by atoms with van der Waals surface area (Å²) in [4.78, 5) is -0.0285. The maximum absolute atomic E-state index is 13.1. The van der Waals surface area contributed by atoms with Crippen LogP contribution in [-0.2, 0) is 10.0 Å². The van der Waals surface area contributed by atoms with Crippen LogP contribution in [0, 0.1) is 18.7 Å². The molecule has 0 spiro atoms. The van der Waals surface area contributed by atoms with Gasteiger partial charge >= 0.3 is 0 Å². The van der Waals surface area contributed by atoms with E-state index >= 15 is 0 Å². The average Bonchev–Trinajstić information content (AvgIpc) is 2.59. The van der Waals surface area contributed by atoms with E-state index in [1.807, 2.05) is 39.0 Å². The first kappa shape index (κ1) is 19.6. The Morgan fingerprint density at radius 1 is 1.12 bits per heavy atom.